The lowest BCUT2D eigenvalue weighted by molar-refractivity contribution is -0.175. The highest BCUT2D eigenvalue weighted by Gasteiger charge is 2.55. The number of benzene rings is 1. The molecule has 31 heavy (non-hydrogen) atoms. The number of thiophene rings is 1. The molecule has 9 heteroatoms. The minimum atomic E-state index is -0.896. The summed E-state index contributed by atoms with van der Waals surface area (Å²) in [4.78, 5) is 32.5. The van der Waals surface area contributed by atoms with Gasteiger partial charge in [0.25, 0.3) is 0 Å². The van der Waals surface area contributed by atoms with Crippen LogP contribution >= 0.6 is 11.3 Å². The van der Waals surface area contributed by atoms with E-state index in [1.165, 1.54) is 0 Å². The van der Waals surface area contributed by atoms with Gasteiger partial charge in [-0.1, -0.05) is 29.4 Å². The first kappa shape index (κ1) is 19.7. The molecule has 4 heterocycles. The lowest BCUT2D eigenvalue weighted by Crippen LogP contribution is -2.64. The fraction of sp³-hybridized carbons (Fsp3) is 0.364. The van der Waals surface area contributed by atoms with Gasteiger partial charge < -0.3 is 19.9 Å². The summed E-state index contributed by atoms with van der Waals surface area (Å²) in [5.74, 6) is -0.288. The van der Waals surface area contributed by atoms with Crippen LogP contribution in [0, 0.1) is 5.92 Å². The van der Waals surface area contributed by atoms with Crippen LogP contribution in [0.1, 0.15) is 37.1 Å². The van der Waals surface area contributed by atoms with E-state index in [1.807, 2.05) is 48.7 Å². The number of amides is 2. The number of nitrogens with two attached hydrogens (primary N) is 1. The van der Waals surface area contributed by atoms with Crippen molar-refractivity contribution in [3.8, 4) is 16.5 Å². The molecule has 2 bridgehead atoms. The van der Waals surface area contributed by atoms with Crippen molar-refractivity contribution in [1.82, 2.24) is 15.0 Å². The molecule has 1 aromatic carbocycles. The highest BCUT2D eigenvalue weighted by molar-refractivity contribution is 7.13. The molecule has 2 amide bonds. The Morgan fingerprint density at radius 2 is 2.16 bits per heavy atom. The molecule has 3 unspecified atom stereocenters. The predicted octanol–water partition coefficient (Wildman–Crippen LogP) is 2.96. The molecule has 0 aliphatic carbocycles. The quantitative estimate of drug-likeness (QED) is 0.592. The Balaban J connectivity index is 1.34. The second kappa shape index (κ2) is 7.49. The number of likely N-dealkylation sites (tertiary alicyclic amines) is 1. The summed E-state index contributed by atoms with van der Waals surface area (Å²) in [6, 6.07) is 11.4. The van der Waals surface area contributed by atoms with Crippen LogP contribution in [0.25, 0.3) is 10.7 Å². The van der Waals surface area contributed by atoms with Crippen molar-refractivity contribution in [3.05, 3.63) is 53.2 Å². The number of piperidine rings is 1. The SMILES string of the molecule is CC12CC(c3ccccc3O1)C(C(N)=O)C(=O)N2CCCc1nc(-c2cccs2)no1. The van der Waals surface area contributed by atoms with Gasteiger partial charge in [-0.15, -0.1) is 11.3 Å². The summed E-state index contributed by atoms with van der Waals surface area (Å²) >= 11 is 1.54. The van der Waals surface area contributed by atoms with Crippen molar-refractivity contribution in [1.29, 1.82) is 0 Å². The van der Waals surface area contributed by atoms with Gasteiger partial charge in [0.2, 0.25) is 23.5 Å². The zero-order valence-electron chi connectivity index (χ0n) is 17.0. The van der Waals surface area contributed by atoms with Gasteiger partial charge in [-0.3, -0.25) is 9.59 Å². The zero-order valence-corrected chi connectivity index (χ0v) is 17.8. The largest absolute Gasteiger partial charge is 0.468 e. The molecule has 0 saturated carbocycles. The van der Waals surface area contributed by atoms with E-state index in [1.54, 1.807) is 16.2 Å². The number of aromatic nitrogens is 2. The van der Waals surface area contributed by atoms with Crippen LogP contribution in [0.5, 0.6) is 5.75 Å². The van der Waals surface area contributed by atoms with Gasteiger partial charge in [-0.2, -0.15) is 4.98 Å². The van der Waals surface area contributed by atoms with Crippen LogP contribution < -0.4 is 10.5 Å². The summed E-state index contributed by atoms with van der Waals surface area (Å²) in [6.45, 7) is 2.29. The number of hydrogen-bond acceptors (Lipinski definition) is 7. The van der Waals surface area contributed by atoms with Gasteiger partial charge in [0.1, 0.15) is 11.7 Å². The van der Waals surface area contributed by atoms with E-state index < -0.39 is 17.6 Å². The number of rotatable bonds is 6. The Labute approximate surface area is 183 Å². The molecular weight excluding hydrogens is 416 g/mol. The molecule has 8 nitrogen and oxygen atoms in total. The van der Waals surface area contributed by atoms with E-state index in [0.717, 1.165) is 10.4 Å². The molecule has 2 aliphatic heterocycles. The number of nitrogens with zero attached hydrogens (tertiary/aromatic N) is 3. The maximum Gasteiger partial charge on any atom is 0.238 e. The summed E-state index contributed by atoms with van der Waals surface area (Å²) < 4.78 is 11.6. The van der Waals surface area contributed by atoms with Crippen molar-refractivity contribution in [3.63, 3.8) is 0 Å². The summed E-state index contributed by atoms with van der Waals surface area (Å²) in [5, 5.41) is 5.98. The lowest BCUT2D eigenvalue weighted by Gasteiger charge is -2.52. The third-order valence-corrected chi connectivity index (χ3v) is 6.91. The van der Waals surface area contributed by atoms with Crippen LogP contribution in [0.4, 0.5) is 0 Å². The van der Waals surface area contributed by atoms with Crippen LogP contribution in [0.15, 0.2) is 46.3 Å². The highest BCUT2D eigenvalue weighted by Crippen LogP contribution is 2.50. The number of primary amides is 1. The van der Waals surface area contributed by atoms with E-state index in [9.17, 15) is 9.59 Å². The van der Waals surface area contributed by atoms with Gasteiger partial charge in [-0.05, 0) is 36.4 Å². The molecule has 160 valence electrons. The highest BCUT2D eigenvalue weighted by atomic mass is 32.1. The van der Waals surface area contributed by atoms with Crippen molar-refractivity contribution in [2.45, 2.75) is 37.8 Å². The Kier molecular flexibility index (Phi) is 4.77. The van der Waals surface area contributed by atoms with Crippen molar-refractivity contribution < 1.29 is 18.8 Å². The Bertz CT molecular complexity index is 1130. The summed E-state index contributed by atoms with van der Waals surface area (Å²) in [7, 11) is 0. The van der Waals surface area contributed by atoms with E-state index in [0.29, 0.717) is 43.3 Å². The van der Waals surface area contributed by atoms with Gasteiger partial charge in [-0.25, -0.2) is 0 Å². The van der Waals surface area contributed by atoms with Crippen LogP contribution in [0.3, 0.4) is 0 Å². The number of fused-ring (bicyclic) bond motifs is 4. The van der Waals surface area contributed by atoms with Gasteiger partial charge >= 0.3 is 0 Å². The monoisotopic (exact) mass is 438 g/mol. The summed E-state index contributed by atoms with van der Waals surface area (Å²) in [5.41, 5.74) is 5.70. The Morgan fingerprint density at radius 3 is 2.94 bits per heavy atom. The molecule has 2 aromatic heterocycles. The van der Waals surface area contributed by atoms with Gasteiger partial charge in [0, 0.05) is 25.3 Å². The topological polar surface area (TPSA) is 112 Å². The molecule has 2 N–H and O–H groups in total. The fourth-order valence-corrected chi connectivity index (χ4v) is 5.28. The molecule has 5 rings (SSSR count). The zero-order chi connectivity index (χ0) is 21.6. The number of hydrogen-bond donors (Lipinski definition) is 1. The third-order valence-electron chi connectivity index (χ3n) is 6.04. The van der Waals surface area contributed by atoms with Crippen LogP contribution in [-0.2, 0) is 16.0 Å². The van der Waals surface area contributed by atoms with E-state index >= 15 is 0 Å². The second-order valence-corrected chi connectivity index (χ2v) is 9.04. The number of carbonyl (C=O) groups excluding carboxylic acids is 2. The maximum absolute atomic E-state index is 13.3. The smallest absolute Gasteiger partial charge is 0.238 e. The Hall–Kier alpha value is -3.20. The first-order chi connectivity index (χ1) is 15.0. The molecule has 0 spiro atoms. The predicted molar refractivity (Wildman–Crippen MR) is 113 cm³/mol. The minimum absolute atomic E-state index is 0.277. The summed E-state index contributed by atoms with van der Waals surface area (Å²) in [6.07, 6.45) is 1.63. The molecule has 1 saturated heterocycles. The van der Waals surface area contributed by atoms with Crippen LogP contribution in [0.2, 0.25) is 0 Å². The molecular formula is C22H22N4O4S. The molecule has 3 aromatic rings. The molecule has 1 fully saturated rings. The average molecular weight is 439 g/mol. The standard InChI is InChI=1S/C22H22N4O4S/c1-22-12-14(13-6-2-3-7-15(13)29-22)18(19(23)27)21(28)26(22)10-4-9-17-24-20(25-30-17)16-8-5-11-31-16/h2-3,5-8,11,14,18H,4,9-10,12H2,1H3,(H2,23,27). The van der Waals surface area contributed by atoms with Gasteiger partial charge in [0.15, 0.2) is 5.72 Å². The van der Waals surface area contributed by atoms with Crippen molar-refractivity contribution >= 4 is 23.2 Å². The normalized spacial score (nSPS) is 24.5. The first-order valence-electron chi connectivity index (χ1n) is 10.2. The van der Waals surface area contributed by atoms with E-state index in [2.05, 4.69) is 10.1 Å². The molecule has 0 radical (unpaired) electrons. The van der Waals surface area contributed by atoms with E-state index in [-0.39, 0.29) is 11.8 Å². The van der Waals surface area contributed by atoms with Crippen molar-refractivity contribution in [2.75, 3.05) is 6.54 Å². The lowest BCUT2D eigenvalue weighted by atomic mass is 9.73. The maximum atomic E-state index is 13.3. The van der Waals surface area contributed by atoms with Gasteiger partial charge in [0.05, 0.1) is 4.88 Å². The van der Waals surface area contributed by atoms with Crippen LogP contribution in [-0.4, -0.2) is 39.1 Å². The fourth-order valence-electron chi connectivity index (χ4n) is 4.63. The van der Waals surface area contributed by atoms with Crippen molar-refractivity contribution in [2.24, 2.45) is 11.7 Å². The Morgan fingerprint density at radius 1 is 1.32 bits per heavy atom. The average Bonchev–Trinajstić information content (AvgIpc) is 3.42. The second-order valence-electron chi connectivity index (χ2n) is 8.09. The molecule has 2 aliphatic rings. The first-order valence-corrected chi connectivity index (χ1v) is 11.1. The number of para-hydroxylation sites is 1. The third kappa shape index (κ3) is 3.38. The minimum Gasteiger partial charge on any atom is -0.468 e. The number of aryl methyl sites for hydroxylation is 1. The molecule has 3 atom stereocenters. The number of ether oxygens (including phenoxy) is 1. The number of carbonyl (C=O) groups is 2. The van der Waals surface area contributed by atoms with E-state index in [4.69, 9.17) is 15.0 Å².